The molecule has 2 heteroatoms. The molecule has 0 spiro atoms. The van der Waals surface area contributed by atoms with Gasteiger partial charge in [0.1, 0.15) is 0 Å². The monoisotopic (exact) mass is 232 g/mol. The molecule has 1 aromatic carbocycles. The quantitative estimate of drug-likeness (QED) is 0.839. The van der Waals surface area contributed by atoms with Gasteiger partial charge in [-0.3, -0.25) is 0 Å². The second-order valence-electron chi connectivity index (χ2n) is 5.01. The van der Waals surface area contributed by atoms with Crippen LogP contribution in [0.25, 0.3) is 10.1 Å². The summed E-state index contributed by atoms with van der Waals surface area (Å²) in [6, 6.07) is 6.61. The third-order valence-electron chi connectivity index (χ3n) is 3.60. The number of rotatable bonds is 2. The molecule has 1 saturated carbocycles. The van der Waals surface area contributed by atoms with Crippen LogP contribution in [0.15, 0.2) is 18.2 Å². The van der Waals surface area contributed by atoms with Crippen LogP contribution in [0.2, 0.25) is 0 Å². The molecule has 1 fully saturated rings. The van der Waals surface area contributed by atoms with Gasteiger partial charge in [0.25, 0.3) is 0 Å². The number of aryl methyl sites for hydroxylation is 2. The van der Waals surface area contributed by atoms with Crippen LogP contribution in [-0.4, -0.2) is 10.7 Å². The fourth-order valence-electron chi connectivity index (χ4n) is 2.20. The Morgan fingerprint density at radius 1 is 1.31 bits per heavy atom. The highest BCUT2D eigenvalue weighted by Gasteiger charge is 2.40. The van der Waals surface area contributed by atoms with E-state index in [0.29, 0.717) is 0 Å². The Morgan fingerprint density at radius 2 is 2.06 bits per heavy atom. The van der Waals surface area contributed by atoms with E-state index in [-0.39, 0.29) is 5.60 Å². The average Bonchev–Trinajstić information content (AvgIpc) is 2.88. The first-order chi connectivity index (χ1) is 7.57. The van der Waals surface area contributed by atoms with Crippen molar-refractivity contribution < 1.29 is 5.11 Å². The summed E-state index contributed by atoms with van der Waals surface area (Å²) >= 11 is 1.86. The van der Waals surface area contributed by atoms with Crippen LogP contribution in [0.1, 0.15) is 28.8 Å². The zero-order chi connectivity index (χ0) is 11.3. The highest BCUT2D eigenvalue weighted by atomic mass is 32.1. The number of hydrogen-bond donors (Lipinski definition) is 1. The maximum absolute atomic E-state index is 9.92. The van der Waals surface area contributed by atoms with Crippen LogP contribution in [0.3, 0.4) is 0 Å². The summed E-state index contributed by atoms with van der Waals surface area (Å²) in [5.74, 6) is 0. The second kappa shape index (κ2) is 3.31. The molecule has 0 atom stereocenters. The Labute approximate surface area is 99.7 Å². The Hall–Kier alpha value is -0.860. The second-order valence-corrected chi connectivity index (χ2v) is 6.27. The molecule has 0 unspecified atom stereocenters. The largest absolute Gasteiger partial charge is 0.390 e. The summed E-state index contributed by atoms with van der Waals surface area (Å²) in [5, 5.41) is 11.3. The predicted octanol–water partition coefficient (Wildman–Crippen LogP) is 3.59. The third kappa shape index (κ3) is 1.66. The molecular weight excluding hydrogens is 216 g/mol. The molecule has 1 aliphatic carbocycles. The molecule has 2 aromatic rings. The zero-order valence-electron chi connectivity index (χ0n) is 9.71. The van der Waals surface area contributed by atoms with Crippen molar-refractivity contribution in [3.63, 3.8) is 0 Å². The van der Waals surface area contributed by atoms with Gasteiger partial charge in [0.05, 0.1) is 5.60 Å². The predicted molar refractivity (Wildman–Crippen MR) is 69.2 cm³/mol. The first-order valence-corrected chi connectivity index (χ1v) is 6.60. The van der Waals surface area contributed by atoms with Gasteiger partial charge in [-0.05, 0) is 49.3 Å². The van der Waals surface area contributed by atoms with Gasteiger partial charge in [-0.1, -0.05) is 12.1 Å². The molecule has 1 N–H and O–H groups in total. The molecular formula is C14H16OS. The highest BCUT2D eigenvalue weighted by molar-refractivity contribution is 7.19. The van der Waals surface area contributed by atoms with Crippen LogP contribution in [0.5, 0.6) is 0 Å². The Bertz CT molecular complexity index is 549. The lowest BCUT2D eigenvalue weighted by atomic mass is 10.0. The minimum absolute atomic E-state index is 0.380. The van der Waals surface area contributed by atoms with E-state index in [1.165, 1.54) is 26.1 Å². The first-order valence-electron chi connectivity index (χ1n) is 5.78. The van der Waals surface area contributed by atoms with E-state index in [2.05, 4.69) is 32.0 Å². The lowest BCUT2D eigenvalue weighted by molar-refractivity contribution is 0.151. The number of aliphatic hydroxyl groups is 1. The summed E-state index contributed by atoms with van der Waals surface area (Å²) in [6.45, 7) is 4.36. The van der Waals surface area contributed by atoms with E-state index in [1.807, 2.05) is 11.3 Å². The van der Waals surface area contributed by atoms with Crippen molar-refractivity contribution in [3.05, 3.63) is 34.2 Å². The molecule has 0 radical (unpaired) electrons. The number of hydrogen-bond acceptors (Lipinski definition) is 2. The van der Waals surface area contributed by atoms with Crippen molar-refractivity contribution in [1.82, 2.24) is 0 Å². The van der Waals surface area contributed by atoms with Crippen LogP contribution >= 0.6 is 11.3 Å². The van der Waals surface area contributed by atoms with Crippen molar-refractivity contribution in [3.8, 4) is 0 Å². The zero-order valence-corrected chi connectivity index (χ0v) is 10.5. The van der Waals surface area contributed by atoms with Gasteiger partial charge >= 0.3 is 0 Å². The minimum atomic E-state index is -0.380. The van der Waals surface area contributed by atoms with E-state index in [0.717, 1.165) is 19.3 Å². The molecule has 0 bridgehead atoms. The SMILES string of the molecule is Cc1sc2cc(CC3(O)CC3)ccc2c1C. The van der Waals surface area contributed by atoms with Crippen molar-refractivity contribution >= 4 is 21.4 Å². The highest BCUT2D eigenvalue weighted by Crippen LogP contribution is 2.39. The van der Waals surface area contributed by atoms with E-state index >= 15 is 0 Å². The minimum Gasteiger partial charge on any atom is -0.390 e. The molecule has 1 aromatic heterocycles. The van der Waals surface area contributed by atoms with Gasteiger partial charge in [-0.2, -0.15) is 0 Å². The lowest BCUT2D eigenvalue weighted by Crippen LogP contribution is -2.10. The Kier molecular flexibility index (Phi) is 2.13. The summed E-state index contributed by atoms with van der Waals surface area (Å²) in [7, 11) is 0. The van der Waals surface area contributed by atoms with Crippen LogP contribution in [0, 0.1) is 13.8 Å². The van der Waals surface area contributed by atoms with Gasteiger partial charge in [0.15, 0.2) is 0 Å². The topological polar surface area (TPSA) is 20.2 Å². The molecule has 3 rings (SSSR count). The number of fused-ring (bicyclic) bond motifs is 1. The van der Waals surface area contributed by atoms with Gasteiger partial charge < -0.3 is 5.11 Å². The molecule has 1 heterocycles. The summed E-state index contributed by atoms with van der Waals surface area (Å²) in [6.07, 6.45) is 2.75. The fourth-order valence-corrected chi connectivity index (χ4v) is 3.34. The summed E-state index contributed by atoms with van der Waals surface area (Å²) < 4.78 is 1.36. The van der Waals surface area contributed by atoms with Crippen molar-refractivity contribution in [1.29, 1.82) is 0 Å². The molecule has 1 aliphatic rings. The van der Waals surface area contributed by atoms with Crippen LogP contribution < -0.4 is 0 Å². The summed E-state index contributed by atoms with van der Waals surface area (Å²) in [4.78, 5) is 1.40. The smallest absolute Gasteiger partial charge is 0.0690 e. The molecule has 84 valence electrons. The normalized spacial score (nSPS) is 17.9. The number of thiophene rings is 1. The number of benzene rings is 1. The van der Waals surface area contributed by atoms with E-state index in [9.17, 15) is 5.11 Å². The lowest BCUT2D eigenvalue weighted by Gasteiger charge is -2.07. The first kappa shape index (κ1) is 10.3. The van der Waals surface area contributed by atoms with Crippen molar-refractivity contribution in [2.24, 2.45) is 0 Å². The van der Waals surface area contributed by atoms with Crippen molar-refractivity contribution in [2.45, 2.75) is 38.7 Å². The van der Waals surface area contributed by atoms with Gasteiger partial charge in [-0.25, -0.2) is 0 Å². The maximum atomic E-state index is 9.92. The van der Waals surface area contributed by atoms with Gasteiger partial charge in [-0.15, -0.1) is 11.3 Å². The van der Waals surface area contributed by atoms with Crippen LogP contribution in [-0.2, 0) is 6.42 Å². The standard InChI is InChI=1S/C14H16OS/c1-9-10(2)16-13-7-11(3-4-12(9)13)8-14(15)5-6-14/h3-4,7,15H,5-6,8H2,1-2H3. The van der Waals surface area contributed by atoms with E-state index in [4.69, 9.17) is 0 Å². The van der Waals surface area contributed by atoms with Crippen molar-refractivity contribution in [2.75, 3.05) is 0 Å². The molecule has 0 amide bonds. The molecule has 1 nitrogen and oxygen atoms in total. The van der Waals surface area contributed by atoms with Crippen LogP contribution in [0.4, 0.5) is 0 Å². The molecule has 0 aliphatic heterocycles. The summed E-state index contributed by atoms with van der Waals surface area (Å²) in [5.41, 5.74) is 2.29. The van der Waals surface area contributed by atoms with E-state index < -0.39 is 0 Å². The molecule has 16 heavy (non-hydrogen) atoms. The van der Waals surface area contributed by atoms with Gasteiger partial charge in [0, 0.05) is 16.0 Å². The van der Waals surface area contributed by atoms with E-state index in [1.54, 1.807) is 0 Å². The third-order valence-corrected chi connectivity index (χ3v) is 4.77. The molecule has 0 saturated heterocycles. The fraction of sp³-hybridized carbons (Fsp3) is 0.429. The van der Waals surface area contributed by atoms with Gasteiger partial charge in [0.2, 0.25) is 0 Å². The Balaban J connectivity index is 2.02. The average molecular weight is 232 g/mol. The Morgan fingerprint density at radius 3 is 2.75 bits per heavy atom. The maximum Gasteiger partial charge on any atom is 0.0690 e.